The van der Waals surface area contributed by atoms with Crippen molar-refractivity contribution in [1.82, 2.24) is 20.2 Å². The van der Waals surface area contributed by atoms with E-state index >= 15 is 0 Å². The standard InChI is InChI=1S/C26H22F3N5O2/c27-20-4-1-16(11-21(20)28)26(35)33-17-2-6-25(22(29)12-17)36-19-3-5-23-24(13-19)32-18(14-31-23)15-34-9-7-30-8-10-34/h1-6,11-14,30H,7-10,15H2,(H,33,35). The summed E-state index contributed by atoms with van der Waals surface area (Å²) in [6, 6.07) is 11.8. The highest BCUT2D eigenvalue weighted by Gasteiger charge is 2.14. The third-order valence-electron chi connectivity index (χ3n) is 5.76. The van der Waals surface area contributed by atoms with E-state index in [2.05, 4.69) is 25.5 Å². The van der Waals surface area contributed by atoms with Gasteiger partial charge in [-0.3, -0.25) is 14.7 Å². The average Bonchev–Trinajstić information content (AvgIpc) is 2.87. The zero-order valence-electron chi connectivity index (χ0n) is 19.1. The number of carbonyl (C=O) groups is 1. The van der Waals surface area contributed by atoms with Crippen LogP contribution in [0.1, 0.15) is 16.1 Å². The summed E-state index contributed by atoms with van der Waals surface area (Å²) in [5, 5.41) is 5.77. The van der Waals surface area contributed by atoms with Crippen LogP contribution in [0.5, 0.6) is 11.5 Å². The Bertz CT molecular complexity index is 1430. The summed E-state index contributed by atoms with van der Waals surface area (Å²) >= 11 is 0. The molecule has 184 valence electrons. The van der Waals surface area contributed by atoms with Gasteiger partial charge >= 0.3 is 0 Å². The van der Waals surface area contributed by atoms with Gasteiger partial charge in [-0.1, -0.05) is 0 Å². The van der Waals surface area contributed by atoms with Crippen molar-refractivity contribution in [3.05, 3.63) is 89.5 Å². The minimum atomic E-state index is -1.14. The van der Waals surface area contributed by atoms with Gasteiger partial charge in [-0.2, -0.15) is 0 Å². The maximum atomic E-state index is 14.7. The second-order valence-corrected chi connectivity index (χ2v) is 8.37. The summed E-state index contributed by atoms with van der Waals surface area (Å²) in [5.74, 6) is -3.29. The van der Waals surface area contributed by atoms with E-state index in [1.807, 2.05) is 0 Å². The fraction of sp³-hybridized carbons (Fsp3) is 0.192. The monoisotopic (exact) mass is 493 g/mol. The molecule has 2 heterocycles. The van der Waals surface area contributed by atoms with Gasteiger partial charge in [0.1, 0.15) is 5.75 Å². The molecule has 36 heavy (non-hydrogen) atoms. The van der Waals surface area contributed by atoms with Crippen molar-refractivity contribution in [3.63, 3.8) is 0 Å². The number of nitrogens with one attached hydrogen (secondary N) is 2. The largest absolute Gasteiger partial charge is 0.454 e. The first-order valence-electron chi connectivity index (χ1n) is 11.4. The first-order valence-corrected chi connectivity index (χ1v) is 11.4. The van der Waals surface area contributed by atoms with Crippen molar-refractivity contribution in [2.45, 2.75) is 6.54 Å². The zero-order valence-corrected chi connectivity index (χ0v) is 19.1. The fourth-order valence-corrected chi connectivity index (χ4v) is 3.90. The normalized spacial score (nSPS) is 14.1. The van der Waals surface area contributed by atoms with Crippen LogP contribution in [0.4, 0.5) is 18.9 Å². The molecule has 10 heteroatoms. The first-order chi connectivity index (χ1) is 17.4. The summed E-state index contributed by atoms with van der Waals surface area (Å²) in [7, 11) is 0. The predicted octanol–water partition coefficient (Wildman–Crippen LogP) is 4.50. The number of halogens is 3. The Morgan fingerprint density at radius 3 is 2.56 bits per heavy atom. The zero-order chi connectivity index (χ0) is 25.1. The summed E-state index contributed by atoms with van der Waals surface area (Å²) < 4.78 is 46.9. The summed E-state index contributed by atoms with van der Waals surface area (Å²) in [4.78, 5) is 23.7. The molecule has 0 atom stereocenters. The molecular formula is C26H22F3N5O2. The van der Waals surface area contributed by atoms with Crippen molar-refractivity contribution in [2.24, 2.45) is 0 Å². The van der Waals surface area contributed by atoms with E-state index in [0.29, 0.717) is 23.3 Å². The third-order valence-corrected chi connectivity index (χ3v) is 5.76. The van der Waals surface area contributed by atoms with Gasteiger partial charge in [-0.25, -0.2) is 18.2 Å². The summed E-state index contributed by atoms with van der Waals surface area (Å²) in [5.41, 5.74) is 2.21. The minimum absolute atomic E-state index is 0.0508. The highest BCUT2D eigenvalue weighted by molar-refractivity contribution is 6.04. The number of rotatable bonds is 6. The number of benzene rings is 3. The van der Waals surface area contributed by atoms with Crippen LogP contribution in [-0.4, -0.2) is 47.0 Å². The maximum absolute atomic E-state index is 14.7. The molecule has 1 amide bonds. The van der Waals surface area contributed by atoms with Crippen LogP contribution in [0.3, 0.4) is 0 Å². The van der Waals surface area contributed by atoms with E-state index in [0.717, 1.165) is 56.1 Å². The minimum Gasteiger partial charge on any atom is -0.454 e. The number of amides is 1. The van der Waals surface area contributed by atoms with Gasteiger partial charge in [0.25, 0.3) is 5.91 Å². The molecule has 0 radical (unpaired) electrons. The van der Waals surface area contributed by atoms with E-state index in [-0.39, 0.29) is 17.0 Å². The number of hydrogen-bond donors (Lipinski definition) is 2. The van der Waals surface area contributed by atoms with Crippen molar-refractivity contribution >= 4 is 22.6 Å². The molecule has 1 fully saturated rings. The molecule has 5 rings (SSSR count). The SMILES string of the molecule is O=C(Nc1ccc(Oc2ccc3ncc(CN4CCNCC4)nc3c2)c(F)c1)c1ccc(F)c(F)c1. The van der Waals surface area contributed by atoms with E-state index in [4.69, 9.17) is 4.74 Å². The molecule has 3 aromatic carbocycles. The Kier molecular flexibility index (Phi) is 6.79. The quantitative estimate of drug-likeness (QED) is 0.412. The average molecular weight is 493 g/mol. The Morgan fingerprint density at radius 1 is 0.944 bits per heavy atom. The molecule has 0 bridgehead atoms. The van der Waals surface area contributed by atoms with E-state index < -0.39 is 23.4 Å². The van der Waals surface area contributed by atoms with Crippen molar-refractivity contribution < 1.29 is 22.7 Å². The molecule has 1 aliphatic rings. The maximum Gasteiger partial charge on any atom is 0.255 e. The number of fused-ring (bicyclic) bond motifs is 1. The van der Waals surface area contributed by atoms with Gasteiger partial charge in [0.05, 0.1) is 22.9 Å². The second-order valence-electron chi connectivity index (χ2n) is 8.37. The van der Waals surface area contributed by atoms with Gasteiger partial charge in [-0.15, -0.1) is 0 Å². The van der Waals surface area contributed by atoms with Crippen LogP contribution in [-0.2, 0) is 6.54 Å². The number of ether oxygens (including phenoxy) is 1. The lowest BCUT2D eigenvalue weighted by molar-refractivity contribution is 0.102. The molecule has 0 saturated carbocycles. The van der Waals surface area contributed by atoms with E-state index in [9.17, 15) is 18.0 Å². The number of piperazine rings is 1. The van der Waals surface area contributed by atoms with Crippen LogP contribution < -0.4 is 15.4 Å². The van der Waals surface area contributed by atoms with Crippen LogP contribution in [0.2, 0.25) is 0 Å². The number of anilines is 1. The summed E-state index contributed by atoms with van der Waals surface area (Å²) in [6.45, 7) is 4.47. The van der Waals surface area contributed by atoms with E-state index in [1.54, 1.807) is 24.4 Å². The van der Waals surface area contributed by atoms with Crippen LogP contribution in [0.25, 0.3) is 11.0 Å². The van der Waals surface area contributed by atoms with Gasteiger partial charge in [0, 0.05) is 56.1 Å². The Balaban J connectivity index is 1.28. The number of aromatic nitrogens is 2. The highest BCUT2D eigenvalue weighted by Crippen LogP contribution is 2.28. The van der Waals surface area contributed by atoms with E-state index in [1.165, 1.54) is 12.1 Å². The number of carbonyl (C=O) groups excluding carboxylic acids is 1. The molecule has 1 aromatic heterocycles. The van der Waals surface area contributed by atoms with Gasteiger partial charge in [-0.05, 0) is 42.5 Å². The molecule has 1 aliphatic heterocycles. The topological polar surface area (TPSA) is 79.4 Å². The molecule has 0 unspecified atom stereocenters. The smallest absolute Gasteiger partial charge is 0.255 e. The lowest BCUT2D eigenvalue weighted by Gasteiger charge is -2.26. The van der Waals surface area contributed by atoms with Crippen LogP contribution >= 0.6 is 0 Å². The van der Waals surface area contributed by atoms with Crippen molar-refractivity contribution in [2.75, 3.05) is 31.5 Å². The Labute approximate surface area is 204 Å². The molecule has 0 aliphatic carbocycles. The Hall–Kier alpha value is -4.02. The van der Waals surface area contributed by atoms with Crippen LogP contribution in [0, 0.1) is 17.5 Å². The van der Waals surface area contributed by atoms with Crippen LogP contribution in [0.15, 0.2) is 60.8 Å². The van der Waals surface area contributed by atoms with Gasteiger partial charge < -0.3 is 15.4 Å². The van der Waals surface area contributed by atoms with Gasteiger partial charge in [0.2, 0.25) is 0 Å². The predicted molar refractivity (Wildman–Crippen MR) is 128 cm³/mol. The lowest BCUT2D eigenvalue weighted by atomic mass is 10.2. The number of nitrogens with zero attached hydrogens (tertiary/aromatic N) is 3. The van der Waals surface area contributed by atoms with Crippen molar-refractivity contribution in [3.8, 4) is 11.5 Å². The fourth-order valence-electron chi connectivity index (χ4n) is 3.90. The molecular weight excluding hydrogens is 471 g/mol. The molecule has 1 saturated heterocycles. The Morgan fingerprint density at radius 2 is 1.78 bits per heavy atom. The molecule has 2 N–H and O–H groups in total. The molecule has 0 spiro atoms. The lowest BCUT2D eigenvalue weighted by Crippen LogP contribution is -2.43. The second kappa shape index (κ2) is 10.3. The van der Waals surface area contributed by atoms with Crippen molar-refractivity contribution in [1.29, 1.82) is 0 Å². The first kappa shape index (κ1) is 23.7. The highest BCUT2D eigenvalue weighted by atomic mass is 19.2. The molecule has 7 nitrogen and oxygen atoms in total. The third kappa shape index (κ3) is 5.45. The molecule has 4 aromatic rings. The summed E-state index contributed by atoms with van der Waals surface area (Å²) in [6.07, 6.45) is 1.76. The van der Waals surface area contributed by atoms with Gasteiger partial charge in [0.15, 0.2) is 23.2 Å². The number of hydrogen-bond acceptors (Lipinski definition) is 6.